The lowest BCUT2D eigenvalue weighted by atomic mass is 9.86. The molecule has 0 aliphatic carbocycles. The maximum absolute atomic E-state index is 12.8. The van der Waals surface area contributed by atoms with Gasteiger partial charge in [-0.3, -0.25) is 9.59 Å². The van der Waals surface area contributed by atoms with Crippen molar-refractivity contribution in [1.29, 1.82) is 0 Å². The van der Waals surface area contributed by atoms with Gasteiger partial charge in [0, 0.05) is 31.7 Å². The Morgan fingerprint density at radius 1 is 0.900 bits per heavy atom. The van der Waals surface area contributed by atoms with Crippen LogP contribution in [0.25, 0.3) is 0 Å². The molecule has 0 radical (unpaired) electrons. The number of para-hydroxylation sites is 1. The van der Waals surface area contributed by atoms with Crippen molar-refractivity contribution in [2.45, 2.75) is 39.5 Å². The fraction of sp³-hybridized carbons (Fsp3) is 0.440. The van der Waals surface area contributed by atoms with E-state index in [1.54, 1.807) is 4.90 Å². The number of benzene rings is 2. The highest BCUT2D eigenvalue weighted by Crippen LogP contribution is 2.23. The first-order valence-electron chi connectivity index (χ1n) is 10.7. The molecule has 0 saturated carbocycles. The molecule has 0 atom stereocenters. The molecule has 1 saturated heterocycles. The molecule has 1 fully saturated rings. The first kappa shape index (κ1) is 21.9. The summed E-state index contributed by atoms with van der Waals surface area (Å²) in [6.45, 7) is 10.7. The Morgan fingerprint density at radius 2 is 1.50 bits per heavy atom. The standard InChI is InChI=1S/C25H32N2O3/c1-5-19-8-6-7-9-22(19)30-18-23(28)26-14-16-27(17-15-26)24(29)20-10-12-21(13-11-20)25(2,3)4/h6-13H,5,14-18H2,1-4H3. The highest BCUT2D eigenvalue weighted by atomic mass is 16.5. The zero-order valence-electron chi connectivity index (χ0n) is 18.5. The fourth-order valence-electron chi connectivity index (χ4n) is 3.62. The number of rotatable bonds is 5. The van der Waals surface area contributed by atoms with Crippen LogP contribution < -0.4 is 4.74 Å². The number of ether oxygens (including phenoxy) is 1. The van der Waals surface area contributed by atoms with Crippen LogP contribution in [0.5, 0.6) is 5.75 Å². The normalized spacial score (nSPS) is 14.5. The number of hydrogen-bond acceptors (Lipinski definition) is 3. The minimum Gasteiger partial charge on any atom is -0.483 e. The van der Waals surface area contributed by atoms with Crippen LogP contribution in [0.1, 0.15) is 49.2 Å². The van der Waals surface area contributed by atoms with Crippen molar-refractivity contribution >= 4 is 11.8 Å². The molecule has 2 aromatic rings. The Labute approximate surface area is 179 Å². The summed E-state index contributed by atoms with van der Waals surface area (Å²) < 4.78 is 5.75. The van der Waals surface area contributed by atoms with Crippen LogP contribution in [-0.4, -0.2) is 54.4 Å². The van der Waals surface area contributed by atoms with E-state index < -0.39 is 0 Å². The van der Waals surface area contributed by atoms with E-state index in [4.69, 9.17) is 4.74 Å². The Bertz CT molecular complexity index is 876. The van der Waals surface area contributed by atoms with E-state index in [9.17, 15) is 9.59 Å². The van der Waals surface area contributed by atoms with Crippen molar-refractivity contribution in [1.82, 2.24) is 9.80 Å². The first-order chi connectivity index (χ1) is 14.3. The molecule has 0 N–H and O–H groups in total. The van der Waals surface area contributed by atoms with Crippen LogP contribution in [0, 0.1) is 0 Å². The van der Waals surface area contributed by atoms with Gasteiger partial charge in [-0.2, -0.15) is 0 Å². The predicted octanol–water partition coefficient (Wildman–Crippen LogP) is 3.91. The van der Waals surface area contributed by atoms with Gasteiger partial charge in [0.2, 0.25) is 0 Å². The summed E-state index contributed by atoms with van der Waals surface area (Å²) in [7, 11) is 0. The molecule has 3 rings (SSSR count). The first-order valence-corrected chi connectivity index (χ1v) is 10.7. The molecule has 2 amide bonds. The van der Waals surface area contributed by atoms with Gasteiger partial charge in [0.25, 0.3) is 11.8 Å². The molecule has 0 unspecified atom stereocenters. The van der Waals surface area contributed by atoms with Gasteiger partial charge >= 0.3 is 0 Å². The van der Waals surface area contributed by atoms with Crippen LogP contribution in [0.4, 0.5) is 0 Å². The monoisotopic (exact) mass is 408 g/mol. The van der Waals surface area contributed by atoms with Gasteiger partial charge < -0.3 is 14.5 Å². The van der Waals surface area contributed by atoms with Crippen LogP contribution in [0.3, 0.4) is 0 Å². The Balaban J connectivity index is 1.51. The molecule has 5 heteroatoms. The van der Waals surface area contributed by atoms with Crippen LogP contribution in [0.15, 0.2) is 48.5 Å². The Kier molecular flexibility index (Phi) is 6.80. The topological polar surface area (TPSA) is 49.9 Å². The minimum atomic E-state index is -0.0393. The van der Waals surface area contributed by atoms with Crippen LogP contribution >= 0.6 is 0 Å². The number of aryl methyl sites for hydroxylation is 1. The average molecular weight is 409 g/mol. The highest BCUT2D eigenvalue weighted by Gasteiger charge is 2.25. The summed E-state index contributed by atoms with van der Waals surface area (Å²) in [6, 6.07) is 15.7. The third kappa shape index (κ3) is 5.21. The lowest BCUT2D eigenvalue weighted by Crippen LogP contribution is -2.51. The molecule has 5 nitrogen and oxygen atoms in total. The van der Waals surface area contributed by atoms with Gasteiger partial charge in [-0.05, 0) is 41.2 Å². The van der Waals surface area contributed by atoms with Gasteiger partial charge in [-0.1, -0.05) is 58.0 Å². The van der Waals surface area contributed by atoms with Crippen molar-refractivity contribution in [3.8, 4) is 5.75 Å². The molecule has 1 heterocycles. The second-order valence-electron chi connectivity index (χ2n) is 8.75. The Morgan fingerprint density at radius 3 is 2.10 bits per heavy atom. The SMILES string of the molecule is CCc1ccccc1OCC(=O)N1CCN(C(=O)c2ccc(C(C)(C)C)cc2)CC1. The summed E-state index contributed by atoms with van der Waals surface area (Å²) in [5.74, 6) is 0.749. The van der Waals surface area contributed by atoms with E-state index in [0.29, 0.717) is 31.7 Å². The third-order valence-corrected chi connectivity index (χ3v) is 5.62. The third-order valence-electron chi connectivity index (χ3n) is 5.62. The summed E-state index contributed by atoms with van der Waals surface area (Å²) in [5.41, 5.74) is 3.06. The molecular formula is C25H32N2O3. The highest BCUT2D eigenvalue weighted by molar-refractivity contribution is 5.94. The zero-order chi connectivity index (χ0) is 21.7. The molecule has 0 aromatic heterocycles. The van der Waals surface area contributed by atoms with E-state index in [2.05, 4.69) is 27.7 Å². The Hall–Kier alpha value is -2.82. The number of carbonyl (C=O) groups is 2. The van der Waals surface area contributed by atoms with Crippen molar-refractivity contribution in [3.05, 3.63) is 65.2 Å². The van der Waals surface area contributed by atoms with Gasteiger partial charge in [-0.25, -0.2) is 0 Å². The molecular weight excluding hydrogens is 376 g/mol. The fourth-order valence-corrected chi connectivity index (χ4v) is 3.62. The molecule has 2 aromatic carbocycles. The van der Waals surface area contributed by atoms with Gasteiger partial charge in [-0.15, -0.1) is 0 Å². The largest absolute Gasteiger partial charge is 0.483 e. The van der Waals surface area contributed by atoms with E-state index in [1.807, 2.05) is 53.4 Å². The van der Waals surface area contributed by atoms with Crippen molar-refractivity contribution < 1.29 is 14.3 Å². The smallest absolute Gasteiger partial charge is 0.260 e. The summed E-state index contributed by atoms with van der Waals surface area (Å²) in [6.07, 6.45) is 0.863. The van der Waals surface area contributed by atoms with E-state index in [-0.39, 0.29) is 23.8 Å². The molecule has 1 aliphatic heterocycles. The zero-order valence-corrected chi connectivity index (χ0v) is 18.5. The summed E-state index contributed by atoms with van der Waals surface area (Å²) >= 11 is 0. The summed E-state index contributed by atoms with van der Waals surface area (Å²) in [5, 5.41) is 0. The van der Waals surface area contributed by atoms with Gasteiger partial charge in [0.15, 0.2) is 6.61 Å². The summed E-state index contributed by atoms with van der Waals surface area (Å²) in [4.78, 5) is 29.0. The maximum Gasteiger partial charge on any atom is 0.260 e. The van der Waals surface area contributed by atoms with E-state index in [1.165, 1.54) is 5.56 Å². The average Bonchev–Trinajstić information content (AvgIpc) is 2.76. The number of hydrogen-bond donors (Lipinski definition) is 0. The van der Waals surface area contributed by atoms with E-state index >= 15 is 0 Å². The number of carbonyl (C=O) groups excluding carboxylic acids is 2. The predicted molar refractivity (Wildman–Crippen MR) is 119 cm³/mol. The van der Waals surface area contributed by atoms with Crippen molar-refractivity contribution in [2.24, 2.45) is 0 Å². The van der Waals surface area contributed by atoms with Crippen molar-refractivity contribution in [2.75, 3.05) is 32.8 Å². The number of piperazine rings is 1. The molecule has 0 bridgehead atoms. The lowest BCUT2D eigenvalue weighted by molar-refractivity contribution is -0.134. The van der Waals surface area contributed by atoms with Crippen LogP contribution in [0.2, 0.25) is 0 Å². The number of nitrogens with zero attached hydrogens (tertiary/aromatic N) is 2. The van der Waals surface area contributed by atoms with Gasteiger partial charge in [0.05, 0.1) is 0 Å². The van der Waals surface area contributed by atoms with Gasteiger partial charge in [0.1, 0.15) is 5.75 Å². The second kappa shape index (κ2) is 9.33. The maximum atomic E-state index is 12.8. The van der Waals surface area contributed by atoms with Crippen molar-refractivity contribution in [3.63, 3.8) is 0 Å². The van der Waals surface area contributed by atoms with Crippen LogP contribution in [-0.2, 0) is 16.6 Å². The molecule has 0 spiro atoms. The second-order valence-corrected chi connectivity index (χ2v) is 8.75. The molecule has 30 heavy (non-hydrogen) atoms. The lowest BCUT2D eigenvalue weighted by Gasteiger charge is -2.35. The molecule has 1 aliphatic rings. The number of amides is 2. The minimum absolute atomic E-state index is 0.0238. The van der Waals surface area contributed by atoms with E-state index in [0.717, 1.165) is 17.7 Å². The quantitative estimate of drug-likeness (QED) is 0.754. The molecule has 160 valence electrons.